The summed E-state index contributed by atoms with van der Waals surface area (Å²) in [5.74, 6) is 0. The molecule has 0 aromatic carbocycles. The Bertz CT molecular complexity index is 88.5. The number of hydrogen-bond acceptors (Lipinski definition) is 2. The summed E-state index contributed by atoms with van der Waals surface area (Å²) < 4.78 is 0. The molecule has 0 radical (unpaired) electrons. The second-order valence-corrected chi connectivity index (χ2v) is 1.66. The summed E-state index contributed by atoms with van der Waals surface area (Å²) >= 11 is 0. The van der Waals surface area contributed by atoms with Crippen LogP contribution >= 0.6 is 0 Å². The molecule has 0 aliphatic heterocycles. The van der Waals surface area contributed by atoms with Gasteiger partial charge in [-0.05, 0) is 6.42 Å². The normalized spacial score (nSPS) is 8.62. The monoisotopic (exact) mass is 113 g/mol. The molecule has 0 unspecified atom stereocenters. The van der Waals surface area contributed by atoms with E-state index in [4.69, 9.17) is 5.73 Å². The van der Waals surface area contributed by atoms with Gasteiger partial charge in [-0.2, -0.15) is 0 Å². The smallest absolute Gasteiger partial charge is 0.120 e. The third kappa shape index (κ3) is 3.56. The van der Waals surface area contributed by atoms with Gasteiger partial charge >= 0.3 is 0 Å². The molecule has 46 valence electrons. The Hall–Kier alpha value is -0.630. The van der Waals surface area contributed by atoms with E-state index in [-0.39, 0.29) is 0 Å². The Morgan fingerprint density at radius 2 is 2.38 bits per heavy atom. The molecule has 0 aromatic heterocycles. The third-order valence-electron chi connectivity index (χ3n) is 0.904. The highest BCUT2D eigenvalue weighted by Crippen LogP contribution is 1.95. The van der Waals surface area contributed by atoms with Crippen molar-refractivity contribution in [2.75, 3.05) is 6.54 Å². The van der Waals surface area contributed by atoms with Crippen molar-refractivity contribution in [1.29, 1.82) is 0 Å². The topological polar surface area (TPSA) is 43.1 Å². The Labute approximate surface area is 49.4 Å². The van der Waals surface area contributed by atoms with Gasteiger partial charge in [0, 0.05) is 13.0 Å². The Morgan fingerprint density at radius 1 is 1.75 bits per heavy atom. The van der Waals surface area contributed by atoms with E-state index in [1.54, 1.807) is 0 Å². The van der Waals surface area contributed by atoms with E-state index in [0.717, 1.165) is 18.3 Å². The van der Waals surface area contributed by atoms with Gasteiger partial charge < -0.3 is 10.5 Å². The fourth-order valence-corrected chi connectivity index (χ4v) is 0.365. The summed E-state index contributed by atoms with van der Waals surface area (Å²) in [5.41, 5.74) is 6.14. The molecule has 0 spiro atoms. The number of rotatable bonds is 4. The summed E-state index contributed by atoms with van der Waals surface area (Å²) in [6.07, 6.45) is 2.16. The molecular formula is C6H11NO. The SMILES string of the molecule is C=C(CN)CCC=O. The van der Waals surface area contributed by atoms with Crippen LogP contribution in [0.2, 0.25) is 0 Å². The molecule has 0 heterocycles. The van der Waals surface area contributed by atoms with Gasteiger partial charge in [-0.3, -0.25) is 0 Å². The summed E-state index contributed by atoms with van der Waals surface area (Å²) in [4.78, 5) is 9.74. The average molecular weight is 113 g/mol. The molecule has 8 heavy (non-hydrogen) atoms. The molecule has 0 rings (SSSR count). The van der Waals surface area contributed by atoms with Crippen LogP contribution in [0.4, 0.5) is 0 Å². The lowest BCUT2D eigenvalue weighted by Crippen LogP contribution is -2.01. The first-order chi connectivity index (χ1) is 3.81. The minimum atomic E-state index is 0.494. The molecular weight excluding hydrogens is 102 g/mol. The lowest BCUT2D eigenvalue weighted by atomic mass is 10.2. The van der Waals surface area contributed by atoms with Gasteiger partial charge in [0.05, 0.1) is 0 Å². The maximum atomic E-state index is 9.74. The van der Waals surface area contributed by atoms with E-state index in [0.29, 0.717) is 13.0 Å². The summed E-state index contributed by atoms with van der Waals surface area (Å²) in [7, 11) is 0. The predicted molar refractivity (Wildman–Crippen MR) is 33.5 cm³/mol. The Balaban J connectivity index is 3.11. The molecule has 0 aliphatic rings. The van der Waals surface area contributed by atoms with Crippen LogP contribution in [0.15, 0.2) is 12.2 Å². The Morgan fingerprint density at radius 3 is 2.75 bits per heavy atom. The van der Waals surface area contributed by atoms with Gasteiger partial charge in [-0.25, -0.2) is 0 Å². The second-order valence-electron chi connectivity index (χ2n) is 1.66. The third-order valence-corrected chi connectivity index (χ3v) is 0.904. The van der Waals surface area contributed by atoms with E-state index >= 15 is 0 Å². The molecule has 0 atom stereocenters. The average Bonchev–Trinajstić information content (AvgIpc) is 1.83. The summed E-state index contributed by atoms with van der Waals surface area (Å²) in [5, 5.41) is 0. The van der Waals surface area contributed by atoms with Crippen molar-refractivity contribution in [3.63, 3.8) is 0 Å². The van der Waals surface area contributed by atoms with Gasteiger partial charge in [0.15, 0.2) is 0 Å². The van der Waals surface area contributed by atoms with Crippen LogP contribution in [0.5, 0.6) is 0 Å². The highest BCUT2D eigenvalue weighted by atomic mass is 16.1. The highest BCUT2D eigenvalue weighted by Gasteiger charge is 1.87. The largest absolute Gasteiger partial charge is 0.327 e. The van der Waals surface area contributed by atoms with Crippen molar-refractivity contribution in [1.82, 2.24) is 0 Å². The predicted octanol–water partition coefficient (Wildman–Crippen LogP) is 0.480. The maximum absolute atomic E-state index is 9.74. The van der Waals surface area contributed by atoms with Gasteiger partial charge in [0.25, 0.3) is 0 Å². The molecule has 0 aromatic rings. The van der Waals surface area contributed by atoms with Gasteiger partial charge in [-0.1, -0.05) is 12.2 Å². The summed E-state index contributed by atoms with van der Waals surface area (Å²) in [6.45, 7) is 4.12. The molecule has 2 heteroatoms. The number of aldehydes is 1. The quantitative estimate of drug-likeness (QED) is 0.425. The lowest BCUT2D eigenvalue weighted by Gasteiger charge is -1.93. The second kappa shape index (κ2) is 4.53. The number of carbonyl (C=O) groups is 1. The zero-order valence-corrected chi connectivity index (χ0v) is 4.89. The first-order valence-electron chi connectivity index (χ1n) is 2.61. The minimum absolute atomic E-state index is 0.494. The van der Waals surface area contributed by atoms with E-state index in [1.165, 1.54) is 0 Å². The molecule has 2 N–H and O–H groups in total. The van der Waals surface area contributed by atoms with Crippen molar-refractivity contribution in [3.05, 3.63) is 12.2 Å². The van der Waals surface area contributed by atoms with Crippen molar-refractivity contribution in [3.8, 4) is 0 Å². The molecule has 0 saturated carbocycles. The Kier molecular flexibility index (Phi) is 4.17. The highest BCUT2D eigenvalue weighted by molar-refractivity contribution is 5.49. The molecule has 0 aliphatic carbocycles. The van der Waals surface area contributed by atoms with Crippen LogP contribution in [0.1, 0.15) is 12.8 Å². The minimum Gasteiger partial charge on any atom is -0.327 e. The maximum Gasteiger partial charge on any atom is 0.120 e. The van der Waals surface area contributed by atoms with Crippen molar-refractivity contribution in [2.24, 2.45) is 5.73 Å². The van der Waals surface area contributed by atoms with E-state index in [9.17, 15) is 4.79 Å². The van der Waals surface area contributed by atoms with Gasteiger partial charge in [0.1, 0.15) is 6.29 Å². The van der Waals surface area contributed by atoms with E-state index in [1.807, 2.05) is 0 Å². The van der Waals surface area contributed by atoms with Crippen LogP contribution < -0.4 is 5.73 Å². The number of carbonyl (C=O) groups excluding carboxylic acids is 1. The van der Waals surface area contributed by atoms with Gasteiger partial charge in [-0.15, -0.1) is 0 Å². The van der Waals surface area contributed by atoms with Crippen molar-refractivity contribution >= 4 is 6.29 Å². The van der Waals surface area contributed by atoms with Crippen LogP contribution in [-0.4, -0.2) is 12.8 Å². The fourth-order valence-electron chi connectivity index (χ4n) is 0.365. The molecule has 0 bridgehead atoms. The molecule has 0 fully saturated rings. The van der Waals surface area contributed by atoms with Crippen molar-refractivity contribution < 1.29 is 4.79 Å². The first kappa shape index (κ1) is 7.37. The number of hydrogen-bond donors (Lipinski definition) is 1. The zero-order chi connectivity index (χ0) is 6.41. The lowest BCUT2D eigenvalue weighted by molar-refractivity contribution is -0.107. The standard InChI is InChI=1S/C6H11NO/c1-6(5-7)3-2-4-8/h4H,1-3,5,7H2. The van der Waals surface area contributed by atoms with E-state index in [2.05, 4.69) is 6.58 Å². The first-order valence-corrected chi connectivity index (χ1v) is 2.61. The van der Waals surface area contributed by atoms with Crippen LogP contribution in [0.3, 0.4) is 0 Å². The molecule has 0 amide bonds. The molecule has 2 nitrogen and oxygen atoms in total. The molecule has 0 saturated heterocycles. The summed E-state index contributed by atoms with van der Waals surface area (Å²) in [6, 6.07) is 0. The van der Waals surface area contributed by atoms with Crippen LogP contribution in [-0.2, 0) is 4.79 Å². The van der Waals surface area contributed by atoms with Crippen molar-refractivity contribution in [2.45, 2.75) is 12.8 Å². The van der Waals surface area contributed by atoms with Crippen LogP contribution in [0, 0.1) is 0 Å². The van der Waals surface area contributed by atoms with Gasteiger partial charge in [0.2, 0.25) is 0 Å². The number of nitrogens with two attached hydrogens (primary N) is 1. The zero-order valence-electron chi connectivity index (χ0n) is 4.89. The van der Waals surface area contributed by atoms with E-state index < -0.39 is 0 Å². The fraction of sp³-hybridized carbons (Fsp3) is 0.500. The van der Waals surface area contributed by atoms with Crippen LogP contribution in [0.25, 0.3) is 0 Å².